The van der Waals surface area contributed by atoms with Crippen LogP contribution >= 0.6 is 0 Å². The van der Waals surface area contributed by atoms with Crippen molar-refractivity contribution in [2.75, 3.05) is 17.3 Å². The summed E-state index contributed by atoms with van der Waals surface area (Å²) in [5.74, 6) is 2.05. The van der Waals surface area contributed by atoms with Gasteiger partial charge in [-0.25, -0.2) is 0 Å². The number of rotatable bonds is 6. The highest BCUT2D eigenvalue weighted by Gasteiger charge is 2.23. The number of carbonyl (C=O) groups excluding carboxylic acids is 1. The van der Waals surface area contributed by atoms with Crippen LogP contribution in [-0.4, -0.2) is 24.1 Å². The molecule has 1 aliphatic heterocycles. The van der Waals surface area contributed by atoms with Crippen LogP contribution in [0.5, 0.6) is 11.5 Å². The van der Waals surface area contributed by atoms with Crippen LogP contribution in [-0.2, 0) is 0 Å². The summed E-state index contributed by atoms with van der Waals surface area (Å²) in [6, 6.07) is 16.9. The fourth-order valence-corrected chi connectivity index (χ4v) is 3.44. The number of ether oxygens (including phenoxy) is 2. The summed E-state index contributed by atoms with van der Waals surface area (Å²) < 4.78 is 11.0. The monoisotopic (exact) mass is 415 g/mol. The summed E-state index contributed by atoms with van der Waals surface area (Å²) >= 11 is 0. The molecule has 1 aliphatic rings. The molecule has 0 aliphatic carbocycles. The van der Waals surface area contributed by atoms with E-state index in [2.05, 4.69) is 16.9 Å². The van der Waals surface area contributed by atoms with Crippen molar-refractivity contribution >= 4 is 29.2 Å². The number of aromatic amines is 1. The van der Waals surface area contributed by atoms with Gasteiger partial charge in [-0.1, -0.05) is 12.6 Å². The Bertz CT molecular complexity index is 1140. The van der Waals surface area contributed by atoms with E-state index in [4.69, 9.17) is 9.47 Å². The lowest BCUT2D eigenvalue weighted by atomic mass is 10.1. The zero-order chi connectivity index (χ0) is 22.0. The molecular weight excluding hydrogens is 390 g/mol. The van der Waals surface area contributed by atoms with Gasteiger partial charge in [0.25, 0.3) is 5.91 Å². The molecule has 0 saturated carbocycles. The van der Waals surface area contributed by atoms with Crippen LogP contribution in [0.1, 0.15) is 29.9 Å². The second-order valence-corrected chi connectivity index (χ2v) is 7.49. The van der Waals surface area contributed by atoms with E-state index in [0.717, 1.165) is 28.5 Å². The van der Waals surface area contributed by atoms with Crippen molar-refractivity contribution in [2.24, 2.45) is 0 Å². The summed E-state index contributed by atoms with van der Waals surface area (Å²) in [5.41, 5.74) is 3.75. The Kier molecular flexibility index (Phi) is 5.54. The number of anilines is 3. The molecule has 0 atom stereocenters. The molecule has 31 heavy (non-hydrogen) atoms. The van der Waals surface area contributed by atoms with Crippen LogP contribution in [0.25, 0.3) is 6.08 Å². The van der Waals surface area contributed by atoms with Gasteiger partial charge in [-0.05, 0) is 68.5 Å². The summed E-state index contributed by atoms with van der Waals surface area (Å²) in [6.07, 6.45) is 3.99. The number of hydrogen-bond donors (Lipinski definition) is 2. The molecule has 1 aromatic heterocycles. The first-order valence-electron chi connectivity index (χ1n) is 10.1. The number of aromatic nitrogens is 1. The molecule has 3 aromatic rings. The van der Waals surface area contributed by atoms with Gasteiger partial charge in [0, 0.05) is 28.7 Å². The van der Waals surface area contributed by atoms with Gasteiger partial charge in [0.15, 0.2) is 0 Å². The quantitative estimate of drug-likeness (QED) is 0.539. The summed E-state index contributed by atoms with van der Waals surface area (Å²) in [6.45, 7) is 8.15. The highest BCUT2D eigenvalue weighted by Crippen LogP contribution is 2.37. The van der Waals surface area contributed by atoms with Gasteiger partial charge in [-0.15, -0.1) is 0 Å². The Balaban J connectivity index is 1.59. The predicted octanol–water partition coefficient (Wildman–Crippen LogP) is 5.74. The van der Waals surface area contributed by atoms with Crippen LogP contribution in [0, 0.1) is 0 Å². The lowest BCUT2D eigenvalue weighted by Gasteiger charge is -2.27. The molecule has 6 nitrogen and oxygen atoms in total. The molecule has 0 unspecified atom stereocenters. The number of methoxy groups -OCH3 is 1. The van der Waals surface area contributed by atoms with Gasteiger partial charge in [-0.3, -0.25) is 9.69 Å². The average Bonchev–Trinajstić information content (AvgIpc) is 3.19. The maximum absolute atomic E-state index is 12.8. The Morgan fingerprint density at radius 3 is 2.55 bits per heavy atom. The molecular formula is C25H25N3O3. The second-order valence-electron chi connectivity index (χ2n) is 7.49. The number of carbonyl (C=O) groups is 1. The zero-order valence-corrected chi connectivity index (χ0v) is 17.8. The van der Waals surface area contributed by atoms with Gasteiger partial charge in [0.05, 0.1) is 13.2 Å². The topological polar surface area (TPSA) is 66.6 Å². The molecule has 0 fully saturated rings. The second kappa shape index (κ2) is 8.44. The molecule has 4 rings (SSSR count). The lowest BCUT2D eigenvalue weighted by molar-refractivity contribution is 0.102. The van der Waals surface area contributed by atoms with E-state index < -0.39 is 0 Å². The molecule has 0 bridgehead atoms. The number of nitrogens with zero attached hydrogens (tertiary/aromatic N) is 1. The number of fused-ring (bicyclic) bond motifs is 1. The molecule has 1 amide bonds. The van der Waals surface area contributed by atoms with Crippen molar-refractivity contribution < 1.29 is 14.3 Å². The van der Waals surface area contributed by atoms with Gasteiger partial charge in [0.1, 0.15) is 23.0 Å². The molecule has 2 heterocycles. The lowest BCUT2D eigenvalue weighted by Crippen LogP contribution is -2.18. The zero-order valence-electron chi connectivity index (χ0n) is 17.8. The summed E-state index contributed by atoms with van der Waals surface area (Å²) in [4.78, 5) is 18.1. The van der Waals surface area contributed by atoms with Gasteiger partial charge < -0.3 is 19.8 Å². The van der Waals surface area contributed by atoms with Gasteiger partial charge >= 0.3 is 0 Å². The smallest absolute Gasteiger partial charge is 0.272 e. The van der Waals surface area contributed by atoms with E-state index in [0.29, 0.717) is 17.1 Å². The molecule has 0 spiro atoms. The van der Waals surface area contributed by atoms with Crippen LogP contribution in [0.3, 0.4) is 0 Å². The first-order chi connectivity index (χ1) is 14.9. The van der Waals surface area contributed by atoms with Crippen LogP contribution in [0.15, 0.2) is 72.9 Å². The Morgan fingerprint density at radius 1 is 1.06 bits per heavy atom. The molecule has 2 aromatic carbocycles. The van der Waals surface area contributed by atoms with Crippen LogP contribution < -0.4 is 19.7 Å². The van der Waals surface area contributed by atoms with Crippen molar-refractivity contribution in [1.82, 2.24) is 4.98 Å². The molecule has 158 valence electrons. The Labute approximate surface area is 181 Å². The van der Waals surface area contributed by atoms with Crippen molar-refractivity contribution in [3.63, 3.8) is 0 Å². The van der Waals surface area contributed by atoms with E-state index in [-0.39, 0.29) is 12.0 Å². The highest BCUT2D eigenvalue weighted by molar-refractivity contribution is 6.04. The van der Waals surface area contributed by atoms with Crippen molar-refractivity contribution in [3.8, 4) is 11.5 Å². The van der Waals surface area contributed by atoms with Crippen molar-refractivity contribution in [3.05, 3.63) is 84.2 Å². The van der Waals surface area contributed by atoms with Crippen molar-refractivity contribution in [1.29, 1.82) is 0 Å². The molecule has 2 N–H and O–H groups in total. The fraction of sp³-hybridized carbons (Fsp3) is 0.160. The van der Waals surface area contributed by atoms with Crippen LogP contribution in [0.4, 0.5) is 17.2 Å². The number of benzene rings is 2. The van der Waals surface area contributed by atoms with E-state index in [9.17, 15) is 4.79 Å². The predicted molar refractivity (Wildman–Crippen MR) is 124 cm³/mol. The minimum Gasteiger partial charge on any atom is -0.497 e. The number of allylic oxidation sites excluding steroid dienone is 1. The average molecular weight is 415 g/mol. The van der Waals surface area contributed by atoms with E-state index >= 15 is 0 Å². The SMILES string of the molecule is C=C1C=Cc2cc(C(=O)Nc3cccc(OC)c3)[nH]c2N1c1ccc(OC(C)C)cc1. The van der Waals surface area contributed by atoms with E-state index in [1.54, 1.807) is 13.2 Å². The minimum atomic E-state index is -0.234. The first kappa shape index (κ1) is 20.3. The number of amides is 1. The third kappa shape index (κ3) is 4.33. The van der Waals surface area contributed by atoms with Crippen LogP contribution in [0.2, 0.25) is 0 Å². The van der Waals surface area contributed by atoms with Gasteiger partial charge in [-0.2, -0.15) is 0 Å². The minimum absolute atomic E-state index is 0.111. The largest absolute Gasteiger partial charge is 0.497 e. The summed E-state index contributed by atoms with van der Waals surface area (Å²) in [5, 5.41) is 2.90. The summed E-state index contributed by atoms with van der Waals surface area (Å²) in [7, 11) is 1.59. The first-order valence-corrected chi connectivity index (χ1v) is 10.1. The maximum Gasteiger partial charge on any atom is 0.272 e. The van der Waals surface area contributed by atoms with E-state index in [1.807, 2.05) is 79.4 Å². The number of hydrogen-bond acceptors (Lipinski definition) is 4. The Hall–Kier alpha value is -3.93. The number of H-pyrrole nitrogens is 1. The van der Waals surface area contributed by atoms with Gasteiger partial charge in [0.2, 0.25) is 0 Å². The van der Waals surface area contributed by atoms with Crippen molar-refractivity contribution in [2.45, 2.75) is 20.0 Å². The normalized spacial score (nSPS) is 12.6. The fourth-order valence-electron chi connectivity index (χ4n) is 3.44. The molecule has 6 heteroatoms. The third-order valence-corrected chi connectivity index (χ3v) is 4.83. The standard InChI is InChI=1S/C25H25N3O3/c1-16(2)31-21-12-10-20(11-13-21)28-17(3)8-9-18-14-23(27-24(18)28)25(29)26-19-6-5-7-22(15-19)30-4/h5-16,27H,3H2,1-2,4H3,(H,26,29). The maximum atomic E-state index is 12.8. The highest BCUT2D eigenvalue weighted by atomic mass is 16.5. The Morgan fingerprint density at radius 2 is 1.84 bits per heavy atom. The molecule has 0 radical (unpaired) electrons. The third-order valence-electron chi connectivity index (χ3n) is 4.83. The molecule has 0 saturated heterocycles. The van der Waals surface area contributed by atoms with E-state index in [1.165, 1.54) is 0 Å². The number of nitrogens with one attached hydrogen (secondary N) is 2.